The molecule has 2 aromatic carbocycles. The maximum Gasteiger partial charge on any atom is 0.229 e. The summed E-state index contributed by atoms with van der Waals surface area (Å²) in [5.41, 5.74) is 8.49. The Labute approximate surface area is 177 Å². The van der Waals surface area contributed by atoms with Gasteiger partial charge in [0.05, 0.1) is 12.8 Å². The molecule has 0 aromatic heterocycles. The fourth-order valence-corrected chi connectivity index (χ4v) is 2.74. The van der Waals surface area contributed by atoms with Gasteiger partial charge in [-0.2, -0.15) is 0 Å². The Morgan fingerprint density at radius 2 is 1.67 bits per heavy atom. The van der Waals surface area contributed by atoms with E-state index in [1.54, 1.807) is 24.3 Å². The number of rotatable bonds is 8. The molecule has 0 atom stereocenters. The van der Waals surface area contributed by atoms with Gasteiger partial charge in [-0.3, -0.25) is 4.72 Å². The summed E-state index contributed by atoms with van der Waals surface area (Å²) in [5, 5.41) is 3.03. The van der Waals surface area contributed by atoms with Crippen LogP contribution in [0.3, 0.4) is 0 Å². The molecule has 0 aliphatic heterocycles. The van der Waals surface area contributed by atoms with Crippen molar-refractivity contribution in [3.05, 3.63) is 54.1 Å². The Morgan fingerprint density at radius 3 is 2.22 bits per heavy atom. The molecule has 0 radical (unpaired) electrons. The minimum atomic E-state index is -3.28. The van der Waals surface area contributed by atoms with Crippen LogP contribution >= 0.6 is 24.0 Å². The zero-order valence-electron chi connectivity index (χ0n) is 15.3. The van der Waals surface area contributed by atoms with Gasteiger partial charge < -0.3 is 15.8 Å². The predicted octanol–water partition coefficient (Wildman–Crippen LogP) is 3.04. The Morgan fingerprint density at radius 1 is 1.07 bits per heavy atom. The standard InChI is InChI=1S/C18H24N4O3S.HI/c1-3-14-4-6-15(7-5-14)21-18(19)20-12-13-25-17-10-8-16(9-11-17)22-26(2,23)24;/h4-11,22H,3,12-13H2,1-2H3,(H3,19,20,21);1H. The highest BCUT2D eigenvalue weighted by Gasteiger charge is 2.02. The molecule has 0 amide bonds. The number of benzene rings is 2. The molecule has 0 saturated heterocycles. The number of anilines is 2. The van der Waals surface area contributed by atoms with Crippen LogP contribution in [-0.4, -0.2) is 33.8 Å². The van der Waals surface area contributed by atoms with E-state index < -0.39 is 10.0 Å². The molecule has 0 heterocycles. The number of hydrogen-bond acceptors (Lipinski definition) is 4. The molecule has 2 rings (SSSR count). The van der Waals surface area contributed by atoms with Gasteiger partial charge in [0.1, 0.15) is 12.4 Å². The monoisotopic (exact) mass is 504 g/mol. The Balaban J connectivity index is 0.00000364. The summed E-state index contributed by atoms with van der Waals surface area (Å²) < 4.78 is 30.2. The molecule has 9 heteroatoms. The summed E-state index contributed by atoms with van der Waals surface area (Å²) >= 11 is 0. The highest BCUT2D eigenvalue weighted by atomic mass is 127. The molecular formula is C18H25IN4O3S. The topological polar surface area (TPSA) is 106 Å². The van der Waals surface area contributed by atoms with Crippen LogP contribution in [0.25, 0.3) is 0 Å². The lowest BCUT2D eigenvalue weighted by Crippen LogP contribution is -2.23. The molecule has 148 valence electrons. The van der Waals surface area contributed by atoms with E-state index in [9.17, 15) is 8.42 Å². The molecule has 0 fully saturated rings. The van der Waals surface area contributed by atoms with E-state index in [-0.39, 0.29) is 24.0 Å². The predicted molar refractivity (Wildman–Crippen MR) is 122 cm³/mol. The summed E-state index contributed by atoms with van der Waals surface area (Å²) in [6.07, 6.45) is 2.10. The first-order chi connectivity index (χ1) is 12.4. The van der Waals surface area contributed by atoms with Crippen molar-refractivity contribution in [3.8, 4) is 5.75 Å². The van der Waals surface area contributed by atoms with Crippen LogP contribution in [0.4, 0.5) is 11.4 Å². The first-order valence-electron chi connectivity index (χ1n) is 8.22. The number of nitrogens with zero attached hydrogens (tertiary/aromatic N) is 1. The van der Waals surface area contributed by atoms with Gasteiger partial charge in [-0.25, -0.2) is 13.4 Å². The zero-order valence-corrected chi connectivity index (χ0v) is 18.5. The average Bonchev–Trinajstić information content (AvgIpc) is 2.59. The number of nitrogens with one attached hydrogen (secondary N) is 2. The lowest BCUT2D eigenvalue weighted by molar-refractivity contribution is 0.329. The molecule has 0 bridgehead atoms. The zero-order chi connectivity index (χ0) is 19.0. The largest absolute Gasteiger partial charge is 0.492 e. The smallest absolute Gasteiger partial charge is 0.229 e. The van der Waals surface area contributed by atoms with E-state index in [1.165, 1.54) is 5.56 Å². The van der Waals surface area contributed by atoms with Gasteiger partial charge in [0, 0.05) is 11.4 Å². The third-order valence-corrected chi connectivity index (χ3v) is 4.04. The highest BCUT2D eigenvalue weighted by Crippen LogP contribution is 2.16. The summed E-state index contributed by atoms with van der Waals surface area (Å²) in [4.78, 5) is 4.21. The van der Waals surface area contributed by atoms with Crippen LogP contribution < -0.4 is 20.5 Å². The van der Waals surface area contributed by atoms with Crippen molar-refractivity contribution in [2.45, 2.75) is 13.3 Å². The molecule has 4 N–H and O–H groups in total. The van der Waals surface area contributed by atoms with Crippen LogP contribution in [0.1, 0.15) is 12.5 Å². The van der Waals surface area contributed by atoms with Crippen molar-refractivity contribution < 1.29 is 13.2 Å². The van der Waals surface area contributed by atoms with Gasteiger partial charge >= 0.3 is 0 Å². The molecule has 0 spiro atoms. The molecule has 0 aliphatic rings. The van der Waals surface area contributed by atoms with Crippen LogP contribution in [-0.2, 0) is 16.4 Å². The SMILES string of the molecule is CCc1ccc(NC(N)=NCCOc2ccc(NS(C)(=O)=O)cc2)cc1.I. The Hall–Kier alpha value is -2.01. The normalized spacial score (nSPS) is 11.4. The number of hydrogen-bond donors (Lipinski definition) is 3. The minimum absolute atomic E-state index is 0. The van der Waals surface area contributed by atoms with Gasteiger partial charge in [0.25, 0.3) is 0 Å². The van der Waals surface area contributed by atoms with Crippen molar-refractivity contribution in [2.75, 3.05) is 29.4 Å². The third kappa shape index (κ3) is 8.96. The molecule has 2 aromatic rings. The number of nitrogens with two attached hydrogens (primary N) is 1. The molecular weight excluding hydrogens is 479 g/mol. The number of halogens is 1. The number of aliphatic imine (C=N–C) groups is 1. The average molecular weight is 504 g/mol. The van der Waals surface area contributed by atoms with Crippen LogP contribution in [0.15, 0.2) is 53.5 Å². The van der Waals surface area contributed by atoms with Crippen molar-refractivity contribution in [2.24, 2.45) is 10.7 Å². The second-order valence-corrected chi connectivity index (χ2v) is 7.44. The number of aryl methyl sites for hydroxylation is 1. The van der Waals surface area contributed by atoms with E-state index in [0.717, 1.165) is 18.4 Å². The first-order valence-corrected chi connectivity index (χ1v) is 10.1. The summed E-state index contributed by atoms with van der Waals surface area (Å²) in [7, 11) is -3.28. The van der Waals surface area contributed by atoms with E-state index in [2.05, 4.69) is 22.0 Å². The van der Waals surface area contributed by atoms with Crippen LogP contribution in [0.5, 0.6) is 5.75 Å². The molecule has 0 aliphatic carbocycles. The summed E-state index contributed by atoms with van der Waals surface area (Å²) in [6.45, 7) is 2.86. The lowest BCUT2D eigenvalue weighted by atomic mass is 10.1. The van der Waals surface area contributed by atoms with Crippen LogP contribution in [0.2, 0.25) is 0 Å². The summed E-state index contributed by atoms with van der Waals surface area (Å²) in [5.74, 6) is 0.950. The maximum atomic E-state index is 11.1. The van der Waals surface area contributed by atoms with Crippen molar-refractivity contribution in [1.82, 2.24) is 0 Å². The first kappa shape index (κ1) is 23.0. The number of guanidine groups is 1. The summed E-state index contributed by atoms with van der Waals surface area (Å²) in [6, 6.07) is 14.7. The second-order valence-electron chi connectivity index (χ2n) is 5.69. The highest BCUT2D eigenvalue weighted by molar-refractivity contribution is 14.0. The van der Waals surface area contributed by atoms with E-state index in [0.29, 0.717) is 30.5 Å². The van der Waals surface area contributed by atoms with Gasteiger partial charge in [0.2, 0.25) is 10.0 Å². The van der Waals surface area contributed by atoms with Crippen molar-refractivity contribution >= 4 is 51.3 Å². The van der Waals surface area contributed by atoms with Gasteiger partial charge in [-0.15, -0.1) is 24.0 Å². The molecule has 0 saturated carbocycles. The van der Waals surface area contributed by atoms with E-state index in [4.69, 9.17) is 10.5 Å². The fraction of sp³-hybridized carbons (Fsp3) is 0.278. The lowest BCUT2D eigenvalue weighted by Gasteiger charge is -2.08. The maximum absolute atomic E-state index is 11.1. The van der Waals surface area contributed by atoms with E-state index in [1.807, 2.05) is 24.3 Å². The molecule has 0 unspecified atom stereocenters. The van der Waals surface area contributed by atoms with Gasteiger partial charge in [-0.1, -0.05) is 19.1 Å². The second kappa shape index (κ2) is 11.0. The number of ether oxygens (including phenoxy) is 1. The molecule has 27 heavy (non-hydrogen) atoms. The Kier molecular flexibility index (Phi) is 9.36. The number of sulfonamides is 1. The quantitative estimate of drug-likeness (QED) is 0.222. The minimum Gasteiger partial charge on any atom is -0.492 e. The third-order valence-electron chi connectivity index (χ3n) is 3.43. The van der Waals surface area contributed by atoms with Crippen molar-refractivity contribution in [1.29, 1.82) is 0 Å². The van der Waals surface area contributed by atoms with Crippen LogP contribution in [0, 0.1) is 0 Å². The van der Waals surface area contributed by atoms with E-state index >= 15 is 0 Å². The molecule has 7 nitrogen and oxygen atoms in total. The Bertz CT molecular complexity index is 838. The van der Waals surface area contributed by atoms with Gasteiger partial charge in [-0.05, 0) is 48.4 Å². The fourth-order valence-electron chi connectivity index (χ4n) is 2.17. The van der Waals surface area contributed by atoms with Crippen molar-refractivity contribution in [3.63, 3.8) is 0 Å². The van der Waals surface area contributed by atoms with Gasteiger partial charge in [0.15, 0.2) is 5.96 Å².